The third kappa shape index (κ3) is 3.98. The molecule has 11 aromatic rings. The average Bonchev–Trinajstić information content (AvgIpc) is 3.92. The lowest BCUT2D eigenvalue weighted by molar-refractivity contribution is 0.620. The van der Waals surface area contributed by atoms with Crippen LogP contribution in [0, 0.1) is 0 Å². The Bertz CT molecular complexity index is 2960. The highest BCUT2D eigenvalue weighted by atomic mass is 16.4. The number of furan rings is 3. The van der Waals surface area contributed by atoms with Gasteiger partial charge in [0, 0.05) is 67.1 Å². The smallest absolute Gasteiger partial charge is 0.227 e. The maximum atomic E-state index is 6.53. The first-order chi connectivity index (χ1) is 24.2. The summed E-state index contributed by atoms with van der Waals surface area (Å²) in [5, 5.41) is 6.26. The van der Waals surface area contributed by atoms with Crippen LogP contribution in [0.3, 0.4) is 0 Å². The third-order valence-electron chi connectivity index (χ3n) is 9.48. The fourth-order valence-corrected chi connectivity index (χ4v) is 7.18. The molecule has 6 heteroatoms. The Morgan fingerprint density at radius 3 is 1.55 bits per heavy atom. The van der Waals surface area contributed by atoms with Gasteiger partial charge in [-0.05, 0) is 78.9 Å². The molecule has 0 aliphatic rings. The molecule has 0 amide bonds. The van der Waals surface area contributed by atoms with Gasteiger partial charge in [-0.15, -0.1) is 0 Å². The molecule has 0 unspecified atom stereocenters. The van der Waals surface area contributed by atoms with Crippen molar-refractivity contribution >= 4 is 94.0 Å². The second-order valence-corrected chi connectivity index (χ2v) is 12.4. The van der Waals surface area contributed by atoms with E-state index in [0.717, 1.165) is 99.5 Å². The van der Waals surface area contributed by atoms with Crippen molar-refractivity contribution in [2.24, 2.45) is 0 Å². The van der Waals surface area contributed by atoms with Gasteiger partial charge in [-0.2, -0.15) is 0 Å². The van der Waals surface area contributed by atoms with Crippen LogP contribution in [0.15, 0.2) is 163 Å². The number of hydrogen-bond acceptors (Lipinski definition) is 6. The second-order valence-electron chi connectivity index (χ2n) is 12.4. The maximum absolute atomic E-state index is 6.53. The van der Waals surface area contributed by atoms with Crippen molar-refractivity contribution < 1.29 is 17.7 Å². The Morgan fingerprint density at radius 2 is 0.857 bits per heavy atom. The highest BCUT2D eigenvalue weighted by Gasteiger charge is 2.20. The van der Waals surface area contributed by atoms with Crippen molar-refractivity contribution in [3.8, 4) is 11.5 Å². The minimum atomic E-state index is 0.593. The van der Waals surface area contributed by atoms with Gasteiger partial charge in [0.05, 0.1) is 0 Å². The van der Waals surface area contributed by atoms with Crippen molar-refractivity contribution in [2.45, 2.75) is 0 Å². The predicted octanol–water partition coefficient (Wildman–Crippen LogP) is 12.7. The lowest BCUT2D eigenvalue weighted by Gasteiger charge is -2.25. The monoisotopic (exact) mass is 632 g/mol. The Hall–Kier alpha value is -6.79. The Balaban J connectivity index is 1.10. The topological polar surface area (TPSA) is 68.7 Å². The van der Waals surface area contributed by atoms with Crippen LogP contribution in [0.5, 0.6) is 0 Å². The molecule has 0 fully saturated rings. The van der Waals surface area contributed by atoms with Crippen LogP contribution < -0.4 is 4.90 Å². The molecule has 0 radical (unpaired) electrons. The highest BCUT2D eigenvalue weighted by molar-refractivity contribution is 6.11. The Labute approximate surface area is 278 Å². The van der Waals surface area contributed by atoms with Crippen LogP contribution in [0.1, 0.15) is 0 Å². The number of benzene rings is 7. The Morgan fingerprint density at radius 1 is 0.347 bits per heavy atom. The highest BCUT2D eigenvalue weighted by Crippen LogP contribution is 2.43. The normalized spacial score (nSPS) is 12.1. The molecule has 11 rings (SSSR count). The molecule has 7 aromatic carbocycles. The molecule has 0 aliphatic carbocycles. The lowest BCUT2D eigenvalue weighted by Crippen LogP contribution is -2.09. The largest absolute Gasteiger partial charge is 0.456 e. The lowest BCUT2D eigenvalue weighted by atomic mass is 10.1. The molecule has 49 heavy (non-hydrogen) atoms. The van der Waals surface area contributed by atoms with Crippen LogP contribution in [-0.2, 0) is 0 Å². The van der Waals surface area contributed by atoms with E-state index in [-0.39, 0.29) is 0 Å². The fourth-order valence-electron chi connectivity index (χ4n) is 7.18. The molecule has 0 aliphatic heterocycles. The zero-order valence-corrected chi connectivity index (χ0v) is 25.9. The molecule has 4 heterocycles. The van der Waals surface area contributed by atoms with Crippen molar-refractivity contribution in [3.63, 3.8) is 0 Å². The summed E-state index contributed by atoms with van der Waals surface area (Å²) in [6.07, 6.45) is 0. The summed E-state index contributed by atoms with van der Waals surface area (Å²) >= 11 is 0. The van der Waals surface area contributed by atoms with Gasteiger partial charge in [0.15, 0.2) is 5.58 Å². The molecule has 230 valence electrons. The first kappa shape index (κ1) is 26.3. The summed E-state index contributed by atoms with van der Waals surface area (Å²) in [5.41, 5.74) is 10.3. The molecule has 0 atom stereocenters. The van der Waals surface area contributed by atoms with E-state index < -0.39 is 0 Å². The number of rotatable bonds is 4. The molecule has 6 nitrogen and oxygen atoms in total. The van der Waals surface area contributed by atoms with E-state index in [1.807, 2.05) is 78.9 Å². The minimum Gasteiger partial charge on any atom is -0.456 e. The van der Waals surface area contributed by atoms with Gasteiger partial charge in [0.1, 0.15) is 39.0 Å². The fraction of sp³-hybridized carbons (Fsp3) is 0. The number of hydrogen-bond donors (Lipinski definition) is 0. The number of fused-ring (bicyclic) bond motifs is 10. The summed E-state index contributed by atoms with van der Waals surface area (Å²) in [6, 6.07) is 49.3. The zero-order valence-electron chi connectivity index (χ0n) is 25.9. The van der Waals surface area contributed by atoms with Crippen LogP contribution in [-0.4, -0.2) is 4.98 Å². The number of anilines is 3. The first-order valence-electron chi connectivity index (χ1n) is 16.2. The van der Waals surface area contributed by atoms with Gasteiger partial charge < -0.3 is 22.6 Å². The van der Waals surface area contributed by atoms with E-state index in [4.69, 9.17) is 22.7 Å². The van der Waals surface area contributed by atoms with E-state index in [1.54, 1.807) is 0 Å². The molecule has 0 spiro atoms. The molecule has 0 bridgehead atoms. The van der Waals surface area contributed by atoms with E-state index in [1.165, 1.54) is 0 Å². The van der Waals surface area contributed by atoms with Gasteiger partial charge in [-0.25, -0.2) is 4.98 Å². The summed E-state index contributed by atoms with van der Waals surface area (Å²) in [7, 11) is 0. The van der Waals surface area contributed by atoms with Crippen molar-refractivity contribution in [3.05, 3.63) is 146 Å². The van der Waals surface area contributed by atoms with Gasteiger partial charge in [0.2, 0.25) is 5.89 Å². The number of aromatic nitrogens is 1. The first-order valence-corrected chi connectivity index (χ1v) is 16.2. The minimum absolute atomic E-state index is 0.593. The van der Waals surface area contributed by atoms with E-state index in [9.17, 15) is 0 Å². The molecule has 4 aromatic heterocycles. The van der Waals surface area contributed by atoms with Gasteiger partial charge in [-0.3, -0.25) is 0 Å². The average molecular weight is 633 g/mol. The van der Waals surface area contributed by atoms with Crippen molar-refractivity contribution in [1.82, 2.24) is 4.98 Å². The van der Waals surface area contributed by atoms with Crippen LogP contribution in [0.4, 0.5) is 17.1 Å². The number of para-hydroxylation sites is 2. The van der Waals surface area contributed by atoms with E-state index in [2.05, 4.69) is 71.6 Å². The second kappa shape index (κ2) is 9.86. The summed E-state index contributed by atoms with van der Waals surface area (Å²) in [5.74, 6) is 0.593. The summed E-state index contributed by atoms with van der Waals surface area (Å²) in [6.45, 7) is 0. The van der Waals surface area contributed by atoms with Gasteiger partial charge >= 0.3 is 0 Å². The van der Waals surface area contributed by atoms with Gasteiger partial charge in [0.25, 0.3) is 0 Å². The molecule has 0 N–H and O–H groups in total. The van der Waals surface area contributed by atoms with E-state index in [0.29, 0.717) is 5.89 Å². The predicted molar refractivity (Wildman–Crippen MR) is 196 cm³/mol. The third-order valence-corrected chi connectivity index (χ3v) is 9.48. The quantitative estimate of drug-likeness (QED) is 0.192. The van der Waals surface area contributed by atoms with Gasteiger partial charge in [-0.1, -0.05) is 54.6 Å². The maximum Gasteiger partial charge on any atom is 0.227 e. The van der Waals surface area contributed by atoms with Crippen LogP contribution >= 0.6 is 0 Å². The molecule has 0 saturated heterocycles. The van der Waals surface area contributed by atoms with Crippen LogP contribution in [0.25, 0.3) is 88.4 Å². The zero-order chi connectivity index (χ0) is 32.1. The summed E-state index contributed by atoms with van der Waals surface area (Å²) < 4.78 is 25.1. The standard InChI is InChI=1S/C43H24N2O4/c1-2-8-25(9-3-1)43-44-35-24-41-34(23-42(35)49-43)31-17-14-28(22-40(31)48-41)45(26-15-18-38-32(20-26)29-10-4-6-12-36(29)46-38)27-16-19-39-33(21-27)30-11-5-7-13-37(30)47-39/h1-24H. The number of oxazole rings is 1. The van der Waals surface area contributed by atoms with E-state index >= 15 is 0 Å². The SMILES string of the molecule is c1ccc(-c2nc3cc4oc5cc(N(c6ccc7oc8ccccc8c7c6)c6ccc7oc8ccccc8c7c6)ccc5c4cc3o2)cc1. The van der Waals surface area contributed by atoms with Crippen molar-refractivity contribution in [1.29, 1.82) is 0 Å². The molecular weight excluding hydrogens is 608 g/mol. The van der Waals surface area contributed by atoms with Crippen LogP contribution in [0.2, 0.25) is 0 Å². The molecule has 0 saturated carbocycles. The summed E-state index contributed by atoms with van der Waals surface area (Å²) in [4.78, 5) is 7.02. The van der Waals surface area contributed by atoms with Crippen molar-refractivity contribution in [2.75, 3.05) is 4.90 Å². The Kier molecular flexibility index (Phi) is 5.29. The molecular formula is C43H24N2O4. The number of nitrogens with zero attached hydrogens (tertiary/aromatic N) is 2.